The van der Waals surface area contributed by atoms with Crippen molar-refractivity contribution in [3.8, 4) is 23.0 Å². The van der Waals surface area contributed by atoms with E-state index in [9.17, 15) is 9.90 Å². The van der Waals surface area contributed by atoms with E-state index >= 15 is 0 Å². The first kappa shape index (κ1) is 19.3. The lowest BCUT2D eigenvalue weighted by Crippen LogP contribution is -2.35. The van der Waals surface area contributed by atoms with E-state index in [4.69, 9.17) is 18.9 Å². The maximum absolute atomic E-state index is 12.9. The van der Waals surface area contributed by atoms with Crippen molar-refractivity contribution in [2.75, 3.05) is 40.5 Å². The average Bonchev–Trinajstić information content (AvgIpc) is 3.06. The molecule has 0 unspecified atom stereocenters. The van der Waals surface area contributed by atoms with Gasteiger partial charge in [-0.1, -0.05) is 12.1 Å². The van der Waals surface area contributed by atoms with E-state index in [1.165, 1.54) is 0 Å². The number of carbonyl (C=O) groups is 1. The van der Waals surface area contributed by atoms with Crippen molar-refractivity contribution in [2.24, 2.45) is 0 Å². The van der Waals surface area contributed by atoms with Crippen LogP contribution in [-0.4, -0.2) is 56.3 Å². The fourth-order valence-corrected chi connectivity index (χ4v) is 3.60. The highest BCUT2D eigenvalue weighted by Gasteiger charge is 2.32. The fourth-order valence-electron chi connectivity index (χ4n) is 3.60. The molecular weight excluding hydrogens is 374 g/mol. The Morgan fingerprint density at radius 2 is 1.93 bits per heavy atom. The third kappa shape index (κ3) is 3.66. The zero-order valence-corrected chi connectivity index (χ0v) is 16.4. The van der Waals surface area contributed by atoms with Crippen molar-refractivity contribution in [3.05, 3.63) is 52.8 Å². The standard InChI is InChI=1S/C22H23NO6/c1-26-18-5-3-4-14(21(18)27-2)12-19-20(25)15-6-7-17(24)16(22(15)29-19)13-23-8-10-28-11-9-23/h3-7,12,24H,8-11,13H2,1-2H3/b19-12-. The Morgan fingerprint density at radius 3 is 2.66 bits per heavy atom. The smallest absolute Gasteiger partial charge is 0.231 e. The Kier molecular flexibility index (Phi) is 5.42. The lowest BCUT2D eigenvalue weighted by atomic mass is 10.0. The van der Waals surface area contributed by atoms with E-state index in [1.807, 2.05) is 12.1 Å². The van der Waals surface area contributed by atoms with Crippen LogP contribution in [0, 0.1) is 0 Å². The number of morpholine rings is 1. The molecule has 2 heterocycles. The van der Waals surface area contributed by atoms with Gasteiger partial charge in [-0.25, -0.2) is 0 Å². The van der Waals surface area contributed by atoms with Gasteiger partial charge in [0.05, 0.1) is 38.6 Å². The molecular formula is C22H23NO6. The molecule has 2 aliphatic heterocycles. The van der Waals surface area contributed by atoms with Crippen LogP contribution < -0.4 is 14.2 Å². The molecule has 152 valence electrons. The van der Waals surface area contributed by atoms with Crippen LogP contribution in [0.1, 0.15) is 21.5 Å². The van der Waals surface area contributed by atoms with E-state index in [1.54, 1.807) is 38.5 Å². The molecule has 0 aromatic heterocycles. The molecule has 0 bridgehead atoms. The topological polar surface area (TPSA) is 77.5 Å². The highest BCUT2D eigenvalue weighted by atomic mass is 16.5. The summed E-state index contributed by atoms with van der Waals surface area (Å²) in [4.78, 5) is 15.1. The molecule has 2 aromatic rings. The molecule has 0 atom stereocenters. The molecule has 0 spiro atoms. The zero-order chi connectivity index (χ0) is 20.4. The number of ketones is 1. The highest BCUT2D eigenvalue weighted by Crippen LogP contribution is 2.41. The Labute approximate surface area is 169 Å². The number of allylic oxidation sites excluding steroid dienone is 1. The third-order valence-electron chi connectivity index (χ3n) is 5.12. The molecule has 0 amide bonds. The number of Topliss-reactive ketones (excluding diaryl/α,β-unsaturated/α-hetero) is 1. The molecule has 0 saturated carbocycles. The number of phenolic OH excluding ortho intramolecular Hbond substituents is 1. The van der Waals surface area contributed by atoms with Gasteiger partial charge in [-0.15, -0.1) is 0 Å². The van der Waals surface area contributed by atoms with Crippen molar-refractivity contribution < 1.29 is 28.8 Å². The summed E-state index contributed by atoms with van der Waals surface area (Å²) in [5, 5.41) is 10.4. The molecule has 1 saturated heterocycles. The van der Waals surface area contributed by atoms with Crippen molar-refractivity contribution >= 4 is 11.9 Å². The first-order valence-corrected chi connectivity index (χ1v) is 9.42. The normalized spacial score (nSPS) is 17.9. The number of hydrogen-bond donors (Lipinski definition) is 1. The molecule has 4 rings (SSSR count). The first-order valence-electron chi connectivity index (χ1n) is 9.42. The van der Waals surface area contributed by atoms with Crippen LogP contribution in [0.3, 0.4) is 0 Å². The number of rotatable bonds is 5. The summed E-state index contributed by atoms with van der Waals surface area (Å²) in [6, 6.07) is 8.56. The van der Waals surface area contributed by atoms with E-state index in [-0.39, 0.29) is 17.3 Å². The van der Waals surface area contributed by atoms with Crippen molar-refractivity contribution in [1.29, 1.82) is 0 Å². The predicted octanol–water partition coefficient (Wildman–Crippen LogP) is 2.86. The number of benzene rings is 2. The first-order chi connectivity index (χ1) is 14.1. The van der Waals surface area contributed by atoms with Gasteiger partial charge in [-0.3, -0.25) is 9.69 Å². The molecule has 2 aromatic carbocycles. The molecule has 2 aliphatic rings. The number of carbonyl (C=O) groups excluding carboxylic acids is 1. The summed E-state index contributed by atoms with van der Waals surface area (Å²) < 4.78 is 22.1. The second kappa shape index (κ2) is 8.14. The van der Waals surface area contributed by atoms with Crippen molar-refractivity contribution in [3.63, 3.8) is 0 Å². The molecule has 7 heteroatoms. The second-order valence-corrected chi connectivity index (χ2v) is 6.85. The van der Waals surface area contributed by atoms with E-state index in [0.717, 1.165) is 13.1 Å². The van der Waals surface area contributed by atoms with Crippen LogP contribution in [0.15, 0.2) is 36.1 Å². The maximum atomic E-state index is 12.9. The van der Waals surface area contributed by atoms with Gasteiger partial charge < -0.3 is 24.1 Å². The number of phenols is 1. The van der Waals surface area contributed by atoms with Crippen molar-refractivity contribution in [1.82, 2.24) is 4.90 Å². The van der Waals surface area contributed by atoms with Gasteiger partial charge >= 0.3 is 0 Å². The maximum Gasteiger partial charge on any atom is 0.231 e. The lowest BCUT2D eigenvalue weighted by Gasteiger charge is -2.27. The summed E-state index contributed by atoms with van der Waals surface area (Å²) >= 11 is 0. The van der Waals surface area contributed by atoms with Crippen LogP contribution in [0.2, 0.25) is 0 Å². The number of nitrogens with zero attached hydrogens (tertiary/aromatic N) is 1. The van der Waals surface area contributed by atoms with Crippen LogP contribution in [0.25, 0.3) is 6.08 Å². The number of ether oxygens (including phenoxy) is 4. The number of hydrogen-bond acceptors (Lipinski definition) is 7. The fraction of sp³-hybridized carbons (Fsp3) is 0.318. The number of fused-ring (bicyclic) bond motifs is 1. The molecule has 0 radical (unpaired) electrons. The van der Waals surface area contributed by atoms with Crippen LogP contribution in [-0.2, 0) is 11.3 Å². The van der Waals surface area contributed by atoms with Gasteiger partial charge in [0, 0.05) is 25.2 Å². The monoisotopic (exact) mass is 397 g/mol. The van der Waals surface area contributed by atoms with Gasteiger partial charge in [-0.2, -0.15) is 0 Å². The number of aromatic hydroxyl groups is 1. The largest absolute Gasteiger partial charge is 0.507 e. The van der Waals surface area contributed by atoms with Gasteiger partial charge in [0.2, 0.25) is 5.78 Å². The minimum atomic E-state index is -0.229. The quantitative estimate of drug-likeness (QED) is 0.778. The van der Waals surface area contributed by atoms with Gasteiger partial charge in [0.1, 0.15) is 11.5 Å². The molecule has 7 nitrogen and oxygen atoms in total. The summed E-state index contributed by atoms with van der Waals surface area (Å²) in [7, 11) is 3.10. The van der Waals surface area contributed by atoms with E-state index in [0.29, 0.717) is 53.7 Å². The molecule has 1 fully saturated rings. The van der Waals surface area contributed by atoms with Crippen LogP contribution in [0.4, 0.5) is 0 Å². The summed E-state index contributed by atoms with van der Waals surface area (Å²) in [6.45, 7) is 3.32. The summed E-state index contributed by atoms with van der Waals surface area (Å²) in [6.07, 6.45) is 1.64. The highest BCUT2D eigenvalue weighted by molar-refractivity contribution is 6.15. The van der Waals surface area contributed by atoms with Crippen molar-refractivity contribution in [2.45, 2.75) is 6.54 Å². The molecule has 0 aliphatic carbocycles. The zero-order valence-electron chi connectivity index (χ0n) is 16.4. The van der Waals surface area contributed by atoms with Gasteiger partial charge in [0.15, 0.2) is 17.3 Å². The third-order valence-corrected chi connectivity index (χ3v) is 5.12. The number of para-hydroxylation sites is 1. The van der Waals surface area contributed by atoms with Crippen LogP contribution >= 0.6 is 0 Å². The molecule has 1 N–H and O–H groups in total. The molecule has 29 heavy (non-hydrogen) atoms. The van der Waals surface area contributed by atoms with E-state index in [2.05, 4.69) is 4.90 Å². The predicted molar refractivity (Wildman–Crippen MR) is 107 cm³/mol. The average molecular weight is 397 g/mol. The van der Waals surface area contributed by atoms with Gasteiger partial charge in [0.25, 0.3) is 0 Å². The van der Waals surface area contributed by atoms with E-state index < -0.39 is 0 Å². The lowest BCUT2D eigenvalue weighted by molar-refractivity contribution is 0.0336. The Morgan fingerprint density at radius 1 is 1.14 bits per heavy atom. The summed E-state index contributed by atoms with van der Waals surface area (Å²) in [5.41, 5.74) is 1.72. The Hall–Kier alpha value is -3.03. The number of methoxy groups -OCH3 is 2. The SMILES string of the molecule is COc1cccc(/C=C2\Oc3c(ccc(O)c3CN3CCOCC3)C2=O)c1OC. The van der Waals surface area contributed by atoms with Crippen LogP contribution in [0.5, 0.6) is 23.0 Å². The minimum Gasteiger partial charge on any atom is -0.507 e. The Bertz CT molecular complexity index is 962. The Balaban J connectivity index is 1.68. The van der Waals surface area contributed by atoms with Gasteiger partial charge in [-0.05, 0) is 24.3 Å². The minimum absolute atomic E-state index is 0.114. The summed E-state index contributed by atoms with van der Waals surface area (Å²) in [5.74, 6) is 1.56. The second-order valence-electron chi connectivity index (χ2n) is 6.85.